The summed E-state index contributed by atoms with van der Waals surface area (Å²) in [6, 6.07) is 7.41. The number of hydrogen-bond donors (Lipinski definition) is 2. The molecule has 0 aliphatic rings. The fourth-order valence-corrected chi connectivity index (χ4v) is 2.37. The highest BCUT2D eigenvalue weighted by Crippen LogP contribution is 2.10. The molecule has 1 aromatic carbocycles. The quantitative estimate of drug-likeness (QED) is 0.637. The van der Waals surface area contributed by atoms with Gasteiger partial charge in [0.05, 0.1) is 7.11 Å². The van der Waals surface area contributed by atoms with Gasteiger partial charge in [0.1, 0.15) is 12.1 Å². The average molecular weight is 340 g/mol. The molecule has 0 fully saturated rings. The van der Waals surface area contributed by atoms with Crippen LogP contribution in [0.3, 0.4) is 0 Å². The van der Waals surface area contributed by atoms with Crippen LogP contribution in [0.2, 0.25) is 0 Å². The monoisotopic (exact) mass is 340 g/mol. The Bertz CT molecular complexity index is 831. The number of amides is 2. The number of carbonyl (C=O) groups is 1. The van der Waals surface area contributed by atoms with Gasteiger partial charge in [0, 0.05) is 25.5 Å². The standard InChI is InChI=1S/C17H20N6O2/c1-25-15-6-4-13(5-7-15)9-20-17(24)18-8-2-3-14-10-19-16-21-12-22-23(16)11-14/h4-7,10-12H,2-3,8-9H2,1H3,(H2,18,20,24). The molecule has 0 unspecified atom stereocenters. The largest absolute Gasteiger partial charge is 0.497 e. The van der Waals surface area contributed by atoms with Crippen LogP contribution in [0.15, 0.2) is 43.0 Å². The van der Waals surface area contributed by atoms with E-state index in [1.54, 1.807) is 17.8 Å². The van der Waals surface area contributed by atoms with Crippen molar-refractivity contribution in [1.82, 2.24) is 30.2 Å². The van der Waals surface area contributed by atoms with Gasteiger partial charge >= 0.3 is 6.03 Å². The van der Waals surface area contributed by atoms with Crippen LogP contribution in [0.25, 0.3) is 5.78 Å². The first kappa shape index (κ1) is 16.7. The third-order valence-corrected chi connectivity index (χ3v) is 3.73. The number of rotatable bonds is 7. The minimum atomic E-state index is -0.180. The number of nitrogens with zero attached hydrogens (tertiary/aromatic N) is 4. The number of urea groups is 1. The maximum atomic E-state index is 11.8. The van der Waals surface area contributed by atoms with Gasteiger partial charge in [-0.15, -0.1) is 0 Å². The number of hydrogen-bond acceptors (Lipinski definition) is 5. The third kappa shape index (κ3) is 4.66. The van der Waals surface area contributed by atoms with Crippen molar-refractivity contribution in [3.8, 4) is 5.75 Å². The topological polar surface area (TPSA) is 93.4 Å². The Morgan fingerprint density at radius 1 is 1.16 bits per heavy atom. The summed E-state index contributed by atoms with van der Waals surface area (Å²) >= 11 is 0. The second-order valence-corrected chi connectivity index (χ2v) is 5.53. The highest BCUT2D eigenvalue weighted by molar-refractivity contribution is 5.73. The lowest BCUT2D eigenvalue weighted by Crippen LogP contribution is -2.35. The van der Waals surface area contributed by atoms with Gasteiger partial charge in [0.15, 0.2) is 0 Å². The van der Waals surface area contributed by atoms with E-state index in [1.165, 1.54) is 6.33 Å². The molecule has 130 valence electrons. The van der Waals surface area contributed by atoms with Gasteiger partial charge in [-0.05, 0) is 36.1 Å². The zero-order valence-corrected chi connectivity index (χ0v) is 14.0. The number of methoxy groups -OCH3 is 1. The van der Waals surface area contributed by atoms with Gasteiger partial charge in [-0.1, -0.05) is 12.1 Å². The average Bonchev–Trinajstić information content (AvgIpc) is 3.12. The molecule has 8 nitrogen and oxygen atoms in total. The Labute approximate surface area is 145 Å². The molecule has 0 aliphatic heterocycles. The molecule has 2 N–H and O–H groups in total. The lowest BCUT2D eigenvalue weighted by Gasteiger charge is -2.08. The minimum Gasteiger partial charge on any atom is -0.497 e. The van der Waals surface area contributed by atoms with Crippen molar-refractivity contribution >= 4 is 11.8 Å². The zero-order chi connectivity index (χ0) is 17.5. The van der Waals surface area contributed by atoms with E-state index in [4.69, 9.17) is 4.74 Å². The molecular formula is C17H20N6O2. The van der Waals surface area contributed by atoms with Crippen molar-refractivity contribution in [1.29, 1.82) is 0 Å². The van der Waals surface area contributed by atoms with Crippen molar-refractivity contribution in [2.24, 2.45) is 0 Å². The summed E-state index contributed by atoms with van der Waals surface area (Å²) in [6.07, 6.45) is 6.78. The van der Waals surface area contributed by atoms with Crippen LogP contribution >= 0.6 is 0 Å². The second kappa shape index (κ2) is 8.09. The summed E-state index contributed by atoms with van der Waals surface area (Å²) in [7, 11) is 1.63. The molecule has 8 heteroatoms. The molecule has 0 bridgehead atoms. The number of carbonyl (C=O) groups excluding carboxylic acids is 1. The van der Waals surface area contributed by atoms with Gasteiger partial charge in [-0.25, -0.2) is 14.3 Å². The molecule has 0 spiro atoms. The van der Waals surface area contributed by atoms with E-state index in [0.29, 0.717) is 18.9 Å². The first-order valence-electron chi connectivity index (χ1n) is 8.03. The van der Waals surface area contributed by atoms with Crippen molar-refractivity contribution in [2.45, 2.75) is 19.4 Å². The van der Waals surface area contributed by atoms with Crippen LogP contribution in [0.4, 0.5) is 4.79 Å². The molecule has 25 heavy (non-hydrogen) atoms. The summed E-state index contributed by atoms with van der Waals surface area (Å²) in [5, 5.41) is 9.73. The predicted octanol–water partition coefficient (Wildman–Crippen LogP) is 1.56. The molecular weight excluding hydrogens is 320 g/mol. The molecule has 0 radical (unpaired) electrons. The molecule has 2 aromatic heterocycles. The van der Waals surface area contributed by atoms with Crippen LogP contribution in [0.1, 0.15) is 17.5 Å². The molecule has 3 aromatic rings. The summed E-state index contributed by atoms with van der Waals surface area (Å²) in [4.78, 5) is 20.0. The Morgan fingerprint density at radius 2 is 2.00 bits per heavy atom. The molecule has 2 amide bonds. The number of aryl methyl sites for hydroxylation is 1. The summed E-state index contributed by atoms with van der Waals surface area (Å²) in [6.45, 7) is 1.06. The lowest BCUT2D eigenvalue weighted by atomic mass is 10.2. The van der Waals surface area contributed by atoms with E-state index < -0.39 is 0 Å². The Hall–Kier alpha value is -3.16. The SMILES string of the molecule is COc1ccc(CNC(=O)NCCCc2cnc3ncnn3c2)cc1. The number of aromatic nitrogens is 4. The number of nitrogens with one attached hydrogen (secondary N) is 2. The van der Waals surface area contributed by atoms with E-state index >= 15 is 0 Å². The van der Waals surface area contributed by atoms with Crippen LogP contribution < -0.4 is 15.4 Å². The maximum Gasteiger partial charge on any atom is 0.315 e. The van der Waals surface area contributed by atoms with E-state index in [1.807, 2.05) is 30.5 Å². The molecule has 0 aliphatic carbocycles. The maximum absolute atomic E-state index is 11.8. The van der Waals surface area contributed by atoms with E-state index in [0.717, 1.165) is 29.7 Å². The van der Waals surface area contributed by atoms with Crippen LogP contribution in [-0.4, -0.2) is 39.3 Å². The van der Waals surface area contributed by atoms with E-state index in [9.17, 15) is 4.79 Å². The van der Waals surface area contributed by atoms with Crippen LogP contribution in [0.5, 0.6) is 5.75 Å². The molecule has 0 atom stereocenters. The number of ether oxygens (including phenoxy) is 1. The summed E-state index contributed by atoms with van der Waals surface area (Å²) < 4.78 is 6.75. The van der Waals surface area contributed by atoms with Crippen molar-refractivity contribution in [3.05, 3.63) is 54.1 Å². The normalized spacial score (nSPS) is 10.6. The zero-order valence-electron chi connectivity index (χ0n) is 14.0. The van der Waals surface area contributed by atoms with Crippen molar-refractivity contribution in [2.75, 3.05) is 13.7 Å². The fourth-order valence-electron chi connectivity index (χ4n) is 2.37. The second-order valence-electron chi connectivity index (χ2n) is 5.53. The van der Waals surface area contributed by atoms with Gasteiger partial charge in [-0.2, -0.15) is 10.1 Å². The third-order valence-electron chi connectivity index (χ3n) is 3.73. The van der Waals surface area contributed by atoms with Crippen LogP contribution in [0, 0.1) is 0 Å². The van der Waals surface area contributed by atoms with Crippen molar-refractivity contribution < 1.29 is 9.53 Å². The summed E-state index contributed by atoms with van der Waals surface area (Å²) in [5.74, 6) is 1.38. The highest BCUT2D eigenvalue weighted by atomic mass is 16.5. The molecule has 3 rings (SSSR count). The van der Waals surface area contributed by atoms with E-state index in [-0.39, 0.29) is 6.03 Å². The summed E-state index contributed by atoms with van der Waals surface area (Å²) in [5.41, 5.74) is 2.07. The number of benzene rings is 1. The molecule has 2 heterocycles. The highest BCUT2D eigenvalue weighted by Gasteiger charge is 2.02. The number of fused-ring (bicyclic) bond motifs is 1. The van der Waals surface area contributed by atoms with Gasteiger partial charge in [0.25, 0.3) is 5.78 Å². The molecule has 0 saturated carbocycles. The first-order valence-corrected chi connectivity index (χ1v) is 8.03. The van der Waals surface area contributed by atoms with Crippen molar-refractivity contribution in [3.63, 3.8) is 0 Å². The Kier molecular flexibility index (Phi) is 5.40. The fraction of sp³-hybridized carbons (Fsp3) is 0.294. The Morgan fingerprint density at radius 3 is 2.80 bits per heavy atom. The smallest absolute Gasteiger partial charge is 0.315 e. The minimum absolute atomic E-state index is 0.180. The lowest BCUT2D eigenvalue weighted by molar-refractivity contribution is 0.240. The van der Waals surface area contributed by atoms with Gasteiger partial charge in [-0.3, -0.25) is 0 Å². The van der Waals surface area contributed by atoms with Gasteiger partial charge < -0.3 is 15.4 Å². The predicted molar refractivity (Wildman–Crippen MR) is 92.3 cm³/mol. The molecule has 0 saturated heterocycles. The Balaban J connectivity index is 1.35. The van der Waals surface area contributed by atoms with E-state index in [2.05, 4.69) is 25.7 Å². The van der Waals surface area contributed by atoms with Crippen LogP contribution in [-0.2, 0) is 13.0 Å². The van der Waals surface area contributed by atoms with Gasteiger partial charge in [0.2, 0.25) is 0 Å². The first-order chi connectivity index (χ1) is 12.2.